The summed E-state index contributed by atoms with van der Waals surface area (Å²) in [6.07, 6.45) is 0.114. The summed E-state index contributed by atoms with van der Waals surface area (Å²) in [6, 6.07) is 0. The van der Waals surface area contributed by atoms with Crippen LogP contribution in [0.15, 0.2) is 12.2 Å². The smallest absolute Gasteiger partial charge is 0.407 e. The summed E-state index contributed by atoms with van der Waals surface area (Å²) in [5.41, 5.74) is 0.307. The van der Waals surface area contributed by atoms with Crippen LogP contribution in [0.5, 0.6) is 0 Å². The van der Waals surface area contributed by atoms with Crippen LogP contribution in [0.25, 0.3) is 0 Å². The van der Waals surface area contributed by atoms with Gasteiger partial charge < -0.3 is 29.6 Å². The van der Waals surface area contributed by atoms with E-state index in [0.717, 1.165) is 0 Å². The van der Waals surface area contributed by atoms with Crippen LogP contribution in [0.1, 0.15) is 14.8 Å². The van der Waals surface area contributed by atoms with E-state index >= 15 is 0 Å². The molecule has 0 saturated heterocycles. The monoisotopic (exact) mass is 341 g/mol. The van der Waals surface area contributed by atoms with Gasteiger partial charge in [-0.2, -0.15) is 0 Å². The number of nitrogens with one attached hydrogen (secondary N) is 1. The van der Waals surface area contributed by atoms with Crippen LogP contribution in [0, 0.1) is 0 Å². The minimum absolute atomic E-state index is 0. The van der Waals surface area contributed by atoms with Crippen molar-refractivity contribution in [2.24, 2.45) is 0 Å². The largest absolute Gasteiger partial charge is 0.460 e. The molecule has 0 saturated carbocycles. The van der Waals surface area contributed by atoms with Gasteiger partial charge in [-0.3, -0.25) is 0 Å². The second-order valence-electron chi connectivity index (χ2n) is 4.11. The van der Waals surface area contributed by atoms with Crippen LogP contribution in [0.2, 0.25) is 0 Å². The molecule has 9 heteroatoms. The third kappa shape index (κ3) is 15.0. The van der Waals surface area contributed by atoms with Gasteiger partial charge in [0.05, 0.1) is 13.2 Å². The molecule has 22 heavy (non-hydrogen) atoms. The number of hydrogen-bond donors (Lipinski definition) is 2. The number of carbonyl (C=O) groups excluding carboxylic acids is 2. The van der Waals surface area contributed by atoms with Gasteiger partial charge in [0.2, 0.25) is 0 Å². The first-order chi connectivity index (χ1) is 9.93. The molecular weight excluding hydrogens is 314 g/mol. The Balaban J connectivity index is -0.00000200. The number of hydrogen-bond acceptors (Lipinski definition) is 6. The Labute approximate surface area is 134 Å². The van der Waals surface area contributed by atoms with E-state index in [4.69, 9.17) is 18.8 Å². The first-order valence-electron chi connectivity index (χ1n) is 6.44. The van der Waals surface area contributed by atoms with Crippen molar-refractivity contribution in [3.8, 4) is 0 Å². The molecule has 0 aromatic heterocycles. The molecule has 132 valence electrons. The fourth-order valence-corrected chi connectivity index (χ4v) is 1.55. The van der Waals surface area contributed by atoms with E-state index in [2.05, 4.69) is 17.8 Å². The Morgan fingerprint density at radius 2 is 1.91 bits per heavy atom. The fraction of sp³-hybridized carbons (Fsp3) is 0.615. The Morgan fingerprint density at radius 1 is 1.23 bits per heavy atom. The summed E-state index contributed by atoms with van der Waals surface area (Å²) < 4.78 is 23.8. The van der Waals surface area contributed by atoms with Crippen LogP contribution in [-0.4, -0.2) is 66.7 Å². The van der Waals surface area contributed by atoms with E-state index in [1.165, 1.54) is 0 Å². The molecule has 0 aliphatic rings. The quantitative estimate of drug-likeness (QED) is 0.248. The molecule has 0 radical (unpaired) electrons. The summed E-state index contributed by atoms with van der Waals surface area (Å²) in [5.74, 6) is 3.57. The van der Waals surface area contributed by atoms with E-state index in [9.17, 15) is 9.59 Å². The van der Waals surface area contributed by atoms with Gasteiger partial charge in [-0.15, -0.1) is 0 Å². The van der Waals surface area contributed by atoms with Gasteiger partial charge in [-0.05, 0) is 13.3 Å². The number of carbonyl (C=O) groups is 2. The van der Waals surface area contributed by atoms with Crippen molar-refractivity contribution in [3.63, 3.8) is 0 Å². The zero-order valence-electron chi connectivity index (χ0n) is 12.8. The lowest BCUT2D eigenvalue weighted by molar-refractivity contribution is -0.138. The van der Waals surface area contributed by atoms with Crippen molar-refractivity contribution in [1.29, 1.82) is 0 Å². The second-order valence-corrected chi connectivity index (χ2v) is 5.44. The average molecular weight is 341 g/mol. The van der Waals surface area contributed by atoms with Crippen molar-refractivity contribution in [2.75, 3.05) is 38.7 Å². The molecule has 0 aliphatic carbocycles. The highest BCUT2D eigenvalue weighted by Gasteiger charge is 2.04. The molecule has 1 amide bonds. The maximum atomic E-state index is 11.2. The molecule has 8 nitrogen and oxygen atoms in total. The summed E-state index contributed by atoms with van der Waals surface area (Å²) >= 11 is 0. The number of rotatable bonds is 11. The lowest BCUT2D eigenvalue weighted by atomic mass is 10.4. The Bertz CT molecular complexity index is 379. The Hall–Kier alpha value is -1.42. The predicted molar refractivity (Wildman–Crippen MR) is 88.5 cm³/mol. The molecule has 4 N–H and O–H groups in total. The van der Waals surface area contributed by atoms with Gasteiger partial charge in [-0.1, -0.05) is 23.2 Å². The highest BCUT2D eigenvalue weighted by Crippen LogP contribution is 2.02. The minimum atomic E-state index is -0.808. The predicted octanol–water partition coefficient (Wildman–Crippen LogP) is 0.834. The highest BCUT2D eigenvalue weighted by atomic mass is 32.2. The third-order valence-electron chi connectivity index (χ3n) is 2.08. The van der Waals surface area contributed by atoms with Crippen LogP contribution >= 0.6 is 10.8 Å². The number of esters is 1. The van der Waals surface area contributed by atoms with Crippen molar-refractivity contribution in [1.82, 2.24) is 5.32 Å². The third-order valence-corrected chi connectivity index (χ3v) is 2.84. The minimum Gasteiger partial charge on any atom is -0.460 e. The first-order valence-corrected chi connectivity index (χ1v) is 7.96. The molecule has 0 aliphatic heterocycles. The summed E-state index contributed by atoms with van der Waals surface area (Å²) in [5, 5.41) is 2.43. The van der Waals surface area contributed by atoms with E-state index in [1.807, 2.05) is 0 Å². The zero-order chi connectivity index (χ0) is 16.1. The van der Waals surface area contributed by atoms with Crippen LogP contribution in [-0.2, 0) is 19.0 Å². The van der Waals surface area contributed by atoms with E-state index in [0.29, 0.717) is 24.4 Å². The number of alkyl carbamates (subject to hydrolysis) is 1. The average Bonchev–Trinajstić information content (AvgIpc) is 2.41. The van der Waals surface area contributed by atoms with Crippen LogP contribution < -0.4 is 5.32 Å². The first kappa shape index (κ1) is 22.9. The van der Waals surface area contributed by atoms with Gasteiger partial charge in [-0.25, -0.2) is 9.59 Å². The molecule has 0 aromatic rings. The fourth-order valence-electron chi connectivity index (χ4n) is 1.09. The molecule has 1 unspecified atom stereocenters. The van der Waals surface area contributed by atoms with Crippen molar-refractivity contribution in [2.45, 2.75) is 13.3 Å². The summed E-state index contributed by atoms with van der Waals surface area (Å²) in [6.45, 7) is 6.11. The van der Waals surface area contributed by atoms with E-state index in [-0.39, 0.29) is 33.3 Å². The maximum Gasteiger partial charge on any atom is 0.407 e. The molecule has 0 heterocycles. The van der Waals surface area contributed by atoms with Gasteiger partial charge in [0, 0.05) is 19.4 Å². The summed E-state index contributed by atoms with van der Waals surface area (Å²) in [4.78, 5) is 22.2. The van der Waals surface area contributed by atoms with Crippen molar-refractivity contribution >= 4 is 28.7 Å². The normalized spacial score (nSPS) is 11.0. The topological polar surface area (TPSA) is 126 Å². The SMILES string of the molecule is C=C(C)C(=O)OCCNC(=O)OCCOCCCS(=C)O.O.[HH]. The molecular formula is C13H27NO7S. The van der Waals surface area contributed by atoms with Crippen molar-refractivity contribution in [3.05, 3.63) is 12.2 Å². The molecule has 0 rings (SSSR count). The van der Waals surface area contributed by atoms with Gasteiger partial charge in [0.25, 0.3) is 0 Å². The molecule has 0 spiro atoms. The van der Waals surface area contributed by atoms with Crippen molar-refractivity contribution < 1.29 is 35.3 Å². The molecule has 0 bridgehead atoms. The highest BCUT2D eigenvalue weighted by molar-refractivity contribution is 8.09. The Morgan fingerprint density at radius 3 is 2.50 bits per heavy atom. The van der Waals surface area contributed by atoms with Crippen LogP contribution in [0.3, 0.4) is 0 Å². The van der Waals surface area contributed by atoms with E-state index < -0.39 is 22.8 Å². The van der Waals surface area contributed by atoms with Gasteiger partial charge in [0.15, 0.2) is 0 Å². The van der Waals surface area contributed by atoms with Crippen LogP contribution in [0.4, 0.5) is 4.79 Å². The molecule has 1 atom stereocenters. The standard InChI is InChI=1S/C13H23NO6S.H2O.H2/c1-11(2)12(15)19-7-5-14-13(16)20-9-8-18-6-4-10-21(3)17;;/h17H,1,3-10H2,2H3,(H,14,16);1H2;1H. The maximum absolute atomic E-state index is 11.2. The van der Waals surface area contributed by atoms with Gasteiger partial charge in [0.1, 0.15) is 13.2 Å². The number of amides is 1. The molecule has 0 aromatic carbocycles. The van der Waals surface area contributed by atoms with Gasteiger partial charge >= 0.3 is 12.1 Å². The Kier molecular flexibility index (Phi) is 15.1. The number of ether oxygens (including phenoxy) is 3. The lowest BCUT2D eigenvalue weighted by Crippen LogP contribution is -2.29. The summed E-state index contributed by atoms with van der Waals surface area (Å²) in [7, 11) is -0.808. The lowest BCUT2D eigenvalue weighted by Gasteiger charge is -2.08. The second kappa shape index (κ2) is 14.5. The van der Waals surface area contributed by atoms with E-state index in [1.54, 1.807) is 6.92 Å². The zero-order valence-corrected chi connectivity index (χ0v) is 13.6. The molecule has 0 fully saturated rings.